The van der Waals surface area contributed by atoms with Gasteiger partial charge in [0.1, 0.15) is 11.1 Å². The van der Waals surface area contributed by atoms with Crippen LogP contribution in [0.15, 0.2) is 35.7 Å². The summed E-state index contributed by atoms with van der Waals surface area (Å²) in [7, 11) is 0. The molecule has 0 saturated carbocycles. The van der Waals surface area contributed by atoms with Crippen molar-refractivity contribution in [2.75, 3.05) is 11.9 Å². The first-order chi connectivity index (χ1) is 13.9. The number of carbonyl (C=O) groups excluding carboxylic acids is 4. The molecule has 1 atom stereocenters. The van der Waals surface area contributed by atoms with E-state index < -0.39 is 23.9 Å². The Kier molecular flexibility index (Phi) is 6.04. The van der Waals surface area contributed by atoms with E-state index >= 15 is 0 Å². The molecule has 1 aromatic heterocycles. The van der Waals surface area contributed by atoms with Gasteiger partial charge in [0.15, 0.2) is 6.10 Å². The monoisotopic (exact) mass is 411 g/mol. The highest BCUT2D eigenvalue weighted by Gasteiger charge is 2.31. The van der Waals surface area contributed by atoms with Gasteiger partial charge in [-0.05, 0) is 30.0 Å². The summed E-state index contributed by atoms with van der Waals surface area (Å²) in [5.74, 6) is -2.11. The van der Waals surface area contributed by atoms with Crippen LogP contribution in [-0.4, -0.2) is 41.2 Å². The van der Waals surface area contributed by atoms with Crippen LogP contribution >= 0.6 is 11.3 Å². The molecule has 9 heteroatoms. The number of esters is 1. The fourth-order valence-corrected chi connectivity index (χ4v) is 3.59. The van der Waals surface area contributed by atoms with Gasteiger partial charge in [0.25, 0.3) is 11.8 Å². The number of hydrogen-bond donors (Lipinski definition) is 1. The Hall–Kier alpha value is -3.51. The summed E-state index contributed by atoms with van der Waals surface area (Å²) in [4.78, 5) is 49.9. The average molecular weight is 411 g/mol. The molecule has 1 aliphatic rings. The zero-order valence-electron chi connectivity index (χ0n) is 15.5. The number of carbonyl (C=O) groups is 4. The molecule has 2 aromatic rings. The van der Waals surface area contributed by atoms with E-state index in [4.69, 9.17) is 10.00 Å². The van der Waals surface area contributed by atoms with Crippen molar-refractivity contribution in [3.8, 4) is 6.07 Å². The Morgan fingerprint density at radius 1 is 1.31 bits per heavy atom. The number of nitrogens with zero attached hydrogens (tertiary/aromatic N) is 2. The van der Waals surface area contributed by atoms with Crippen molar-refractivity contribution in [3.05, 3.63) is 52.4 Å². The van der Waals surface area contributed by atoms with Gasteiger partial charge in [0.05, 0.1) is 18.4 Å². The van der Waals surface area contributed by atoms with Crippen LogP contribution in [0.4, 0.5) is 5.00 Å². The number of fused-ring (bicyclic) bond motifs is 1. The van der Waals surface area contributed by atoms with Crippen LogP contribution < -0.4 is 5.32 Å². The first kappa shape index (κ1) is 20.2. The second-order valence-corrected chi connectivity index (χ2v) is 7.25. The van der Waals surface area contributed by atoms with Gasteiger partial charge in [-0.25, -0.2) is 0 Å². The van der Waals surface area contributed by atoms with Gasteiger partial charge in [-0.3, -0.25) is 24.1 Å². The van der Waals surface area contributed by atoms with E-state index in [2.05, 4.69) is 5.32 Å². The standard InChI is InChI=1S/C20H17N3O5S/c1-12(18(26)22-19-14(11-21)7-9-29-19)28-17(25)6-8-23-16(24)10-13-4-2-3-5-15(13)20(23)27/h2-5,7,9,12H,6,8,10H2,1H3,(H,22,26)/t12-/m0/s1. The third kappa shape index (κ3) is 4.50. The third-order valence-corrected chi connectivity index (χ3v) is 5.20. The van der Waals surface area contributed by atoms with Gasteiger partial charge in [-0.15, -0.1) is 11.3 Å². The Balaban J connectivity index is 1.53. The van der Waals surface area contributed by atoms with Crippen molar-refractivity contribution >= 4 is 40.0 Å². The number of rotatable bonds is 6. The first-order valence-corrected chi connectivity index (χ1v) is 9.69. The van der Waals surface area contributed by atoms with Gasteiger partial charge in [0.2, 0.25) is 5.91 Å². The van der Waals surface area contributed by atoms with E-state index in [0.717, 1.165) is 4.90 Å². The molecule has 3 rings (SSSR count). The summed E-state index contributed by atoms with van der Waals surface area (Å²) < 4.78 is 5.09. The maximum absolute atomic E-state index is 12.5. The van der Waals surface area contributed by atoms with E-state index in [1.54, 1.807) is 35.7 Å². The van der Waals surface area contributed by atoms with Gasteiger partial charge in [0, 0.05) is 12.1 Å². The SMILES string of the molecule is C[C@H](OC(=O)CCN1C(=O)Cc2ccccc2C1=O)C(=O)Nc1sccc1C#N. The van der Waals surface area contributed by atoms with Gasteiger partial charge < -0.3 is 10.1 Å². The zero-order chi connectivity index (χ0) is 21.0. The fraction of sp³-hybridized carbons (Fsp3) is 0.250. The van der Waals surface area contributed by atoms with E-state index in [1.165, 1.54) is 18.3 Å². The number of imide groups is 1. The minimum atomic E-state index is -1.09. The number of anilines is 1. The Morgan fingerprint density at radius 2 is 2.07 bits per heavy atom. The summed E-state index contributed by atoms with van der Waals surface area (Å²) in [6.45, 7) is 1.28. The number of thiophene rings is 1. The lowest BCUT2D eigenvalue weighted by Gasteiger charge is -2.26. The molecule has 2 heterocycles. The van der Waals surface area contributed by atoms with Gasteiger partial charge in [-0.2, -0.15) is 5.26 Å². The van der Waals surface area contributed by atoms with Crippen molar-refractivity contribution < 1.29 is 23.9 Å². The molecule has 0 radical (unpaired) electrons. The molecule has 8 nitrogen and oxygen atoms in total. The van der Waals surface area contributed by atoms with Crippen LogP contribution in [-0.2, 0) is 25.5 Å². The quantitative estimate of drug-likeness (QED) is 0.575. The molecular formula is C20H17N3O5S. The predicted octanol–water partition coefficient (Wildman–Crippen LogP) is 2.11. The van der Waals surface area contributed by atoms with Crippen LogP contribution in [0.5, 0.6) is 0 Å². The van der Waals surface area contributed by atoms with E-state index in [-0.39, 0.29) is 25.3 Å². The minimum absolute atomic E-state index is 0.0950. The van der Waals surface area contributed by atoms with Crippen molar-refractivity contribution in [1.82, 2.24) is 4.90 Å². The summed E-state index contributed by atoms with van der Waals surface area (Å²) in [6.07, 6.45) is -1.22. The molecule has 0 bridgehead atoms. The van der Waals surface area contributed by atoms with Crippen LogP contribution in [0.1, 0.15) is 34.8 Å². The molecule has 3 amide bonds. The average Bonchev–Trinajstić information content (AvgIpc) is 3.14. The highest BCUT2D eigenvalue weighted by molar-refractivity contribution is 7.14. The zero-order valence-corrected chi connectivity index (χ0v) is 16.3. The van der Waals surface area contributed by atoms with Crippen molar-refractivity contribution in [2.24, 2.45) is 0 Å². The lowest BCUT2D eigenvalue weighted by atomic mass is 9.98. The topological polar surface area (TPSA) is 117 Å². The largest absolute Gasteiger partial charge is 0.452 e. The second kappa shape index (κ2) is 8.67. The number of amides is 3. The second-order valence-electron chi connectivity index (χ2n) is 6.33. The number of hydrogen-bond acceptors (Lipinski definition) is 7. The normalized spacial score (nSPS) is 14.0. The van der Waals surface area contributed by atoms with Crippen LogP contribution in [0.25, 0.3) is 0 Å². The smallest absolute Gasteiger partial charge is 0.308 e. The summed E-state index contributed by atoms with van der Waals surface area (Å²) in [5, 5.41) is 13.5. The Labute approximate surface area is 170 Å². The number of benzene rings is 1. The highest BCUT2D eigenvalue weighted by atomic mass is 32.1. The molecule has 0 spiro atoms. The Bertz CT molecular complexity index is 1020. The molecule has 1 N–H and O–H groups in total. The Morgan fingerprint density at radius 3 is 2.83 bits per heavy atom. The van der Waals surface area contributed by atoms with Crippen LogP contribution in [0.2, 0.25) is 0 Å². The summed E-state index contributed by atoms with van der Waals surface area (Å²) in [5.41, 5.74) is 1.43. The molecule has 0 fully saturated rings. The van der Waals surface area contributed by atoms with Crippen molar-refractivity contribution in [1.29, 1.82) is 5.26 Å². The predicted molar refractivity (Wildman–Crippen MR) is 104 cm³/mol. The maximum atomic E-state index is 12.5. The molecule has 0 aliphatic carbocycles. The summed E-state index contributed by atoms with van der Waals surface area (Å²) in [6, 6.07) is 10.4. The third-order valence-electron chi connectivity index (χ3n) is 4.38. The van der Waals surface area contributed by atoms with Crippen molar-refractivity contribution in [3.63, 3.8) is 0 Å². The molecule has 29 heavy (non-hydrogen) atoms. The lowest BCUT2D eigenvalue weighted by Crippen LogP contribution is -2.43. The van der Waals surface area contributed by atoms with E-state index in [1.807, 2.05) is 6.07 Å². The maximum Gasteiger partial charge on any atom is 0.308 e. The van der Waals surface area contributed by atoms with Crippen LogP contribution in [0.3, 0.4) is 0 Å². The summed E-state index contributed by atoms with van der Waals surface area (Å²) >= 11 is 1.19. The van der Waals surface area contributed by atoms with Crippen molar-refractivity contribution in [2.45, 2.75) is 25.9 Å². The molecule has 0 saturated heterocycles. The molecule has 148 valence electrons. The van der Waals surface area contributed by atoms with Gasteiger partial charge in [-0.1, -0.05) is 18.2 Å². The first-order valence-electron chi connectivity index (χ1n) is 8.81. The van der Waals surface area contributed by atoms with E-state index in [9.17, 15) is 19.2 Å². The van der Waals surface area contributed by atoms with Gasteiger partial charge >= 0.3 is 5.97 Å². The fourth-order valence-electron chi connectivity index (χ4n) is 2.85. The number of nitrogens with one attached hydrogen (secondary N) is 1. The number of nitriles is 1. The molecule has 1 aliphatic heterocycles. The molecule has 1 aromatic carbocycles. The number of ether oxygens (including phenoxy) is 1. The van der Waals surface area contributed by atoms with E-state index in [0.29, 0.717) is 21.7 Å². The molecular weight excluding hydrogens is 394 g/mol. The lowest BCUT2D eigenvalue weighted by molar-refractivity contribution is -0.153. The molecule has 0 unspecified atom stereocenters. The minimum Gasteiger partial charge on any atom is -0.452 e. The highest BCUT2D eigenvalue weighted by Crippen LogP contribution is 2.23. The van der Waals surface area contributed by atoms with Crippen LogP contribution in [0, 0.1) is 11.3 Å².